The molecule has 0 atom stereocenters. The molecule has 2 aromatic rings. The van der Waals surface area contributed by atoms with Crippen LogP contribution < -0.4 is 4.74 Å². The van der Waals surface area contributed by atoms with E-state index >= 15 is 0 Å². The van der Waals surface area contributed by atoms with Crippen LogP contribution in [0.3, 0.4) is 0 Å². The zero-order chi connectivity index (χ0) is 12.6. The molecule has 0 saturated heterocycles. The molecule has 2 N–H and O–H groups in total. The fraction of sp³-hybridized carbons (Fsp3) is 0.250. The smallest absolute Gasteiger partial charge is 0.338 e. The average molecular weight is 235 g/mol. The molecule has 2 rings (SSSR count). The van der Waals surface area contributed by atoms with Crippen LogP contribution in [0.25, 0.3) is 10.9 Å². The Kier molecular flexibility index (Phi) is 2.67. The van der Waals surface area contributed by atoms with Crippen molar-refractivity contribution in [3.63, 3.8) is 0 Å². The number of carbonyl (C=O) groups is 1. The second-order valence-electron chi connectivity index (χ2n) is 3.69. The van der Waals surface area contributed by atoms with Crippen LogP contribution in [-0.2, 0) is 0 Å². The zero-order valence-corrected chi connectivity index (χ0v) is 9.60. The van der Waals surface area contributed by atoms with Crippen LogP contribution in [0.2, 0.25) is 0 Å². The van der Waals surface area contributed by atoms with Gasteiger partial charge >= 0.3 is 5.97 Å². The summed E-state index contributed by atoms with van der Waals surface area (Å²) in [6.45, 7) is 3.92. The lowest BCUT2D eigenvalue weighted by molar-refractivity contribution is 0.0695. The summed E-state index contributed by atoms with van der Waals surface area (Å²) in [7, 11) is 0. The van der Waals surface area contributed by atoms with Crippen molar-refractivity contribution < 1.29 is 19.8 Å². The summed E-state index contributed by atoms with van der Waals surface area (Å²) in [4.78, 5) is 11.2. The fourth-order valence-electron chi connectivity index (χ4n) is 1.91. The molecule has 0 radical (unpaired) electrons. The molecule has 0 amide bonds. The minimum Gasteiger partial charge on any atom is -0.494 e. The van der Waals surface area contributed by atoms with Crippen LogP contribution in [0.1, 0.15) is 23.0 Å². The molecule has 1 aromatic carbocycles. The molecule has 1 heterocycles. The first kappa shape index (κ1) is 11.3. The molecule has 0 aliphatic rings. The number of nitrogens with zero attached hydrogens (tertiary/aromatic N) is 1. The summed E-state index contributed by atoms with van der Waals surface area (Å²) >= 11 is 0. The van der Waals surface area contributed by atoms with Crippen molar-refractivity contribution >= 4 is 16.9 Å². The van der Waals surface area contributed by atoms with Crippen molar-refractivity contribution in [3.05, 3.63) is 29.5 Å². The highest BCUT2D eigenvalue weighted by Crippen LogP contribution is 2.28. The summed E-state index contributed by atoms with van der Waals surface area (Å²) in [5.74, 6) is -0.470. The Balaban J connectivity index is 2.74. The second kappa shape index (κ2) is 4.01. The first-order chi connectivity index (χ1) is 8.06. The molecule has 0 unspecified atom stereocenters. The van der Waals surface area contributed by atoms with Gasteiger partial charge in [0.25, 0.3) is 0 Å². The average Bonchev–Trinajstić information content (AvgIpc) is 2.52. The van der Waals surface area contributed by atoms with E-state index in [1.54, 1.807) is 25.1 Å². The second-order valence-corrected chi connectivity index (χ2v) is 3.69. The van der Waals surface area contributed by atoms with E-state index in [9.17, 15) is 10.0 Å². The van der Waals surface area contributed by atoms with Crippen LogP contribution in [0.15, 0.2) is 18.2 Å². The minimum absolute atomic E-state index is 0.101. The highest BCUT2D eigenvalue weighted by Gasteiger charge is 2.19. The zero-order valence-electron chi connectivity index (χ0n) is 9.60. The normalized spacial score (nSPS) is 10.7. The maximum atomic E-state index is 11.2. The monoisotopic (exact) mass is 235 g/mol. The fourth-order valence-corrected chi connectivity index (χ4v) is 1.91. The van der Waals surface area contributed by atoms with Gasteiger partial charge in [0.05, 0.1) is 23.4 Å². The van der Waals surface area contributed by atoms with Crippen LogP contribution in [0.5, 0.6) is 5.75 Å². The Hall–Kier alpha value is -2.17. The molecule has 0 aliphatic heterocycles. The summed E-state index contributed by atoms with van der Waals surface area (Å²) in [5, 5.41) is 19.4. The summed E-state index contributed by atoms with van der Waals surface area (Å²) in [5.41, 5.74) is 0.869. The van der Waals surface area contributed by atoms with Gasteiger partial charge in [-0.1, -0.05) is 0 Å². The molecule has 1 aromatic heterocycles. The van der Waals surface area contributed by atoms with Gasteiger partial charge in [0, 0.05) is 5.39 Å². The topological polar surface area (TPSA) is 71.7 Å². The minimum atomic E-state index is -1.06. The quantitative estimate of drug-likeness (QED) is 0.800. The lowest BCUT2D eigenvalue weighted by atomic mass is 10.1. The number of rotatable bonds is 3. The number of fused-ring (bicyclic) bond motifs is 1. The van der Waals surface area contributed by atoms with Crippen LogP contribution in [0, 0.1) is 6.92 Å². The largest absolute Gasteiger partial charge is 0.494 e. The molecule has 5 nitrogen and oxygen atoms in total. The van der Waals surface area contributed by atoms with Crippen LogP contribution in [0.4, 0.5) is 0 Å². The number of hydrogen-bond donors (Lipinski definition) is 2. The van der Waals surface area contributed by atoms with E-state index in [2.05, 4.69) is 0 Å². The number of hydrogen-bond acceptors (Lipinski definition) is 3. The first-order valence-electron chi connectivity index (χ1n) is 5.26. The number of aromatic carboxylic acids is 1. The van der Waals surface area contributed by atoms with E-state index in [0.29, 0.717) is 29.0 Å². The van der Waals surface area contributed by atoms with Gasteiger partial charge in [-0.2, -0.15) is 4.73 Å². The summed E-state index contributed by atoms with van der Waals surface area (Å²) in [6, 6.07) is 4.96. The van der Waals surface area contributed by atoms with Crippen molar-refractivity contribution in [1.82, 2.24) is 4.73 Å². The van der Waals surface area contributed by atoms with Crippen molar-refractivity contribution in [2.24, 2.45) is 0 Å². The van der Waals surface area contributed by atoms with Crippen molar-refractivity contribution in [2.45, 2.75) is 13.8 Å². The van der Waals surface area contributed by atoms with Gasteiger partial charge < -0.3 is 15.1 Å². The van der Waals surface area contributed by atoms with E-state index < -0.39 is 5.97 Å². The molecule has 0 bridgehead atoms. The molecule has 0 aliphatic carbocycles. The SMILES string of the molecule is CCOc1ccc2c(c1)c(C(=O)O)c(C)n2O. The Labute approximate surface area is 97.8 Å². The van der Waals surface area contributed by atoms with Gasteiger partial charge in [-0.15, -0.1) is 0 Å². The molecule has 17 heavy (non-hydrogen) atoms. The standard InChI is InChI=1S/C12H13NO4/c1-3-17-8-4-5-10-9(6-8)11(12(14)15)7(2)13(10)16/h4-6,16H,3H2,1-2H3,(H,14,15). The number of aromatic nitrogens is 1. The summed E-state index contributed by atoms with van der Waals surface area (Å²) < 4.78 is 6.20. The first-order valence-corrected chi connectivity index (χ1v) is 5.26. The van der Waals surface area contributed by atoms with Gasteiger partial charge in [-0.25, -0.2) is 4.79 Å². The molecular weight excluding hydrogens is 222 g/mol. The Morgan fingerprint density at radius 2 is 2.18 bits per heavy atom. The maximum Gasteiger partial charge on any atom is 0.338 e. The van der Waals surface area contributed by atoms with Gasteiger partial charge in [0.1, 0.15) is 5.75 Å². The molecule has 90 valence electrons. The molecule has 0 spiro atoms. The van der Waals surface area contributed by atoms with Crippen LogP contribution >= 0.6 is 0 Å². The third kappa shape index (κ3) is 1.69. The molecule has 0 fully saturated rings. The Morgan fingerprint density at radius 3 is 2.76 bits per heavy atom. The van der Waals surface area contributed by atoms with Crippen molar-refractivity contribution in [3.8, 4) is 5.75 Å². The third-order valence-electron chi connectivity index (χ3n) is 2.67. The van der Waals surface area contributed by atoms with E-state index in [4.69, 9.17) is 9.84 Å². The maximum absolute atomic E-state index is 11.2. The Morgan fingerprint density at radius 1 is 1.47 bits per heavy atom. The molecular formula is C12H13NO4. The molecule has 5 heteroatoms. The van der Waals surface area contributed by atoms with E-state index in [1.807, 2.05) is 6.92 Å². The van der Waals surface area contributed by atoms with Crippen LogP contribution in [-0.4, -0.2) is 27.6 Å². The predicted molar refractivity (Wildman–Crippen MR) is 62.0 cm³/mol. The highest BCUT2D eigenvalue weighted by molar-refractivity contribution is 6.05. The number of carboxylic acids is 1. The van der Waals surface area contributed by atoms with Gasteiger partial charge in [-0.3, -0.25) is 0 Å². The van der Waals surface area contributed by atoms with Crippen molar-refractivity contribution in [1.29, 1.82) is 0 Å². The van der Waals surface area contributed by atoms with Gasteiger partial charge in [-0.05, 0) is 32.0 Å². The van der Waals surface area contributed by atoms with Crippen molar-refractivity contribution in [2.75, 3.05) is 6.61 Å². The highest BCUT2D eigenvalue weighted by atomic mass is 16.5. The third-order valence-corrected chi connectivity index (χ3v) is 2.67. The predicted octanol–water partition coefficient (Wildman–Crippen LogP) is 2.28. The van der Waals surface area contributed by atoms with E-state index in [-0.39, 0.29) is 5.56 Å². The molecule has 0 saturated carbocycles. The van der Waals surface area contributed by atoms with E-state index in [1.165, 1.54) is 0 Å². The lowest BCUT2D eigenvalue weighted by Gasteiger charge is -2.02. The van der Waals surface area contributed by atoms with E-state index in [0.717, 1.165) is 4.73 Å². The Bertz CT molecular complexity index is 586. The van der Waals surface area contributed by atoms with Gasteiger partial charge in [0.2, 0.25) is 0 Å². The number of ether oxygens (including phenoxy) is 1. The van der Waals surface area contributed by atoms with Gasteiger partial charge in [0.15, 0.2) is 0 Å². The lowest BCUT2D eigenvalue weighted by Crippen LogP contribution is -2.00. The number of benzene rings is 1. The summed E-state index contributed by atoms with van der Waals surface area (Å²) in [6.07, 6.45) is 0. The number of carboxylic acid groups (broad SMARTS) is 1.